The van der Waals surface area contributed by atoms with Crippen LogP contribution >= 0.6 is 11.3 Å². The van der Waals surface area contributed by atoms with Crippen molar-refractivity contribution in [3.05, 3.63) is 70.1 Å². The maximum absolute atomic E-state index is 10.1. The molecule has 1 saturated heterocycles. The lowest BCUT2D eigenvalue weighted by atomic mass is 9.89. The Morgan fingerprint density at radius 2 is 1.96 bits per heavy atom. The third-order valence-corrected chi connectivity index (χ3v) is 6.89. The lowest BCUT2D eigenvalue weighted by molar-refractivity contribution is -0.113. The van der Waals surface area contributed by atoms with Crippen molar-refractivity contribution in [1.29, 1.82) is 0 Å². The molecule has 0 spiro atoms. The molecule has 0 bridgehead atoms. The fourth-order valence-electron chi connectivity index (χ4n) is 4.02. The molecule has 0 saturated carbocycles. The first kappa shape index (κ1) is 18.6. The van der Waals surface area contributed by atoms with E-state index in [1.165, 1.54) is 26.1 Å². The van der Waals surface area contributed by atoms with Gasteiger partial charge in [0, 0.05) is 28.3 Å². The first-order valence-corrected chi connectivity index (χ1v) is 10.4. The zero-order valence-electron chi connectivity index (χ0n) is 15.8. The van der Waals surface area contributed by atoms with Crippen LogP contribution in [0.2, 0.25) is 0 Å². The van der Waals surface area contributed by atoms with Gasteiger partial charge in [0.2, 0.25) is 0 Å². The minimum Gasteiger partial charge on any atom is -0.394 e. The molecule has 1 aliphatic heterocycles. The summed E-state index contributed by atoms with van der Waals surface area (Å²) in [6.07, 6.45) is 0.203. The molecule has 2 heterocycles. The van der Waals surface area contributed by atoms with E-state index in [9.17, 15) is 10.2 Å². The van der Waals surface area contributed by atoms with Crippen molar-refractivity contribution >= 4 is 21.4 Å². The van der Waals surface area contributed by atoms with Crippen LogP contribution in [0.3, 0.4) is 0 Å². The molecule has 1 fully saturated rings. The van der Waals surface area contributed by atoms with Crippen molar-refractivity contribution in [2.75, 3.05) is 6.61 Å². The molecule has 4 rings (SSSR count). The molecule has 0 radical (unpaired) electrons. The molecule has 3 nitrogen and oxygen atoms in total. The number of ether oxygens (including phenoxy) is 1. The molecule has 2 aromatic carbocycles. The van der Waals surface area contributed by atoms with Crippen LogP contribution in [0.25, 0.3) is 10.1 Å². The summed E-state index contributed by atoms with van der Waals surface area (Å²) in [4.78, 5) is 1.36. The zero-order valence-corrected chi connectivity index (χ0v) is 16.6. The fraction of sp³-hybridized carbons (Fsp3) is 0.391. The van der Waals surface area contributed by atoms with E-state index in [0.717, 1.165) is 5.56 Å². The van der Waals surface area contributed by atoms with Crippen molar-refractivity contribution < 1.29 is 14.9 Å². The van der Waals surface area contributed by atoms with Gasteiger partial charge in [0.05, 0.1) is 24.9 Å². The van der Waals surface area contributed by atoms with E-state index in [1.807, 2.05) is 11.3 Å². The second-order valence-corrected chi connectivity index (χ2v) is 8.69. The lowest BCUT2D eigenvalue weighted by Crippen LogP contribution is -2.33. The molecule has 27 heavy (non-hydrogen) atoms. The lowest BCUT2D eigenvalue weighted by Gasteiger charge is -2.33. The van der Waals surface area contributed by atoms with Gasteiger partial charge in [-0.15, -0.1) is 11.3 Å². The monoisotopic (exact) mass is 382 g/mol. The highest BCUT2D eigenvalue weighted by Crippen LogP contribution is 2.38. The van der Waals surface area contributed by atoms with Gasteiger partial charge >= 0.3 is 0 Å². The van der Waals surface area contributed by atoms with Gasteiger partial charge in [-0.2, -0.15) is 0 Å². The summed E-state index contributed by atoms with van der Waals surface area (Å²) in [6.45, 7) is 4.35. The van der Waals surface area contributed by atoms with Crippen LogP contribution in [-0.2, 0) is 4.74 Å². The molecule has 4 unspecified atom stereocenters. The Kier molecular flexibility index (Phi) is 5.33. The molecule has 0 aliphatic carbocycles. The van der Waals surface area contributed by atoms with Crippen LogP contribution in [0, 0.1) is 6.92 Å². The van der Waals surface area contributed by atoms with Crippen LogP contribution < -0.4 is 0 Å². The minimum absolute atomic E-state index is 0.0511. The smallest absolute Gasteiger partial charge is 0.0854 e. The number of hydrogen-bond donors (Lipinski definition) is 2. The topological polar surface area (TPSA) is 49.7 Å². The summed E-state index contributed by atoms with van der Waals surface area (Å²) in [5, 5.41) is 20.9. The van der Waals surface area contributed by atoms with Crippen molar-refractivity contribution in [3.63, 3.8) is 0 Å². The molecule has 3 aromatic rings. The average Bonchev–Trinajstić information content (AvgIpc) is 3.11. The Balaban J connectivity index is 1.65. The average molecular weight is 383 g/mol. The Morgan fingerprint density at radius 1 is 1.15 bits per heavy atom. The molecule has 1 aliphatic rings. The van der Waals surface area contributed by atoms with Gasteiger partial charge < -0.3 is 14.9 Å². The standard InChI is InChI=1S/C23H26O3S/c1-14-7-8-16(21-12-18(25)11-19(13-24)26-21)9-20(14)15(2)23-10-17-5-3-4-6-22(17)27-23/h3-10,15,18-19,21,24-25H,11-13H2,1-2H3. The highest BCUT2D eigenvalue weighted by molar-refractivity contribution is 7.19. The molecule has 4 heteroatoms. The van der Waals surface area contributed by atoms with E-state index in [1.54, 1.807) is 0 Å². The Labute approximate surface area is 164 Å². The van der Waals surface area contributed by atoms with Gasteiger partial charge in [0.15, 0.2) is 0 Å². The van der Waals surface area contributed by atoms with Crippen molar-refractivity contribution in [2.45, 2.75) is 50.9 Å². The summed E-state index contributed by atoms with van der Waals surface area (Å²) in [7, 11) is 0. The van der Waals surface area contributed by atoms with Crippen LogP contribution in [0.4, 0.5) is 0 Å². The summed E-state index contributed by atoms with van der Waals surface area (Å²) in [6, 6.07) is 17.3. The molecule has 1 aromatic heterocycles. The molecule has 142 valence electrons. The van der Waals surface area contributed by atoms with Gasteiger partial charge in [-0.25, -0.2) is 0 Å². The summed E-state index contributed by atoms with van der Waals surface area (Å²) in [5.74, 6) is 0.296. The number of benzene rings is 2. The molecule has 4 atom stereocenters. The maximum Gasteiger partial charge on any atom is 0.0854 e. The number of thiophene rings is 1. The highest BCUT2D eigenvalue weighted by Gasteiger charge is 2.29. The van der Waals surface area contributed by atoms with E-state index in [2.05, 4.69) is 62.4 Å². The van der Waals surface area contributed by atoms with Crippen molar-refractivity contribution in [2.24, 2.45) is 0 Å². The Bertz CT molecular complexity index is 899. The second-order valence-electron chi connectivity index (χ2n) is 7.58. The molecule has 2 N–H and O–H groups in total. The van der Waals surface area contributed by atoms with E-state index in [0.29, 0.717) is 18.8 Å². The van der Waals surface area contributed by atoms with E-state index in [-0.39, 0.29) is 18.8 Å². The van der Waals surface area contributed by atoms with Gasteiger partial charge in [0.1, 0.15) is 0 Å². The summed E-state index contributed by atoms with van der Waals surface area (Å²) < 4.78 is 7.33. The molecule has 0 amide bonds. The predicted octanol–water partition coefficient (Wildman–Crippen LogP) is 4.93. The largest absolute Gasteiger partial charge is 0.394 e. The van der Waals surface area contributed by atoms with E-state index >= 15 is 0 Å². The number of hydrogen-bond acceptors (Lipinski definition) is 4. The Hall–Kier alpha value is -1.72. The second kappa shape index (κ2) is 7.72. The number of aryl methyl sites for hydroxylation is 1. The SMILES string of the molecule is Cc1ccc(C2CC(O)CC(CO)O2)cc1C(C)c1cc2ccccc2s1. The van der Waals surface area contributed by atoms with Crippen molar-refractivity contribution in [1.82, 2.24) is 0 Å². The van der Waals surface area contributed by atoms with Gasteiger partial charge in [-0.1, -0.05) is 43.3 Å². The van der Waals surface area contributed by atoms with Gasteiger partial charge in [-0.05, 0) is 41.1 Å². The Morgan fingerprint density at radius 3 is 2.74 bits per heavy atom. The fourth-order valence-corrected chi connectivity index (χ4v) is 5.15. The molecular formula is C23H26O3S. The summed E-state index contributed by atoms with van der Waals surface area (Å²) >= 11 is 1.85. The highest BCUT2D eigenvalue weighted by atomic mass is 32.1. The third kappa shape index (κ3) is 3.81. The number of fused-ring (bicyclic) bond motifs is 1. The first-order valence-electron chi connectivity index (χ1n) is 9.58. The molecular weight excluding hydrogens is 356 g/mol. The van der Waals surface area contributed by atoms with Gasteiger partial charge in [-0.3, -0.25) is 0 Å². The van der Waals surface area contributed by atoms with Crippen LogP contribution in [0.15, 0.2) is 48.5 Å². The number of rotatable bonds is 4. The summed E-state index contributed by atoms with van der Waals surface area (Å²) in [5.41, 5.74) is 3.64. The normalized spacial score (nSPS) is 24.2. The van der Waals surface area contributed by atoms with Crippen LogP contribution in [-0.4, -0.2) is 29.0 Å². The van der Waals surface area contributed by atoms with E-state index < -0.39 is 6.10 Å². The number of aliphatic hydroxyl groups is 2. The van der Waals surface area contributed by atoms with Crippen LogP contribution in [0.1, 0.15) is 53.4 Å². The van der Waals surface area contributed by atoms with Gasteiger partial charge in [0.25, 0.3) is 0 Å². The van der Waals surface area contributed by atoms with Crippen LogP contribution in [0.5, 0.6) is 0 Å². The zero-order chi connectivity index (χ0) is 19.0. The first-order chi connectivity index (χ1) is 13.0. The quantitative estimate of drug-likeness (QED) is 0.672. The number of aliphatic hydroxyl groups excluding tert-OH is 2. The maximum atomic E-state index is 10.1. The third-order valence-electron chi connectivity index (χ3n) is 5.59. The van der Waals surface area contributed by atoms with Crippen molar-refractivity contribution in [3.8, 4) is 0 Å². The minimum atomic E-state index is -0.425. The predicted molar refractivity (Wildman–Crippen MR) is 110 cm³/mol. The van der Waals surface area contributed by atoms with E-state index in [4.69, 9.17) is 4.74 Å².